The summed E-state index contributed by atoms with van der Waals surface area (Å²) in [5, 5.41) is 2.97. The van der Waals surface area contributed by atoms with Gasteiger partial charge in [-0.05, 0) is 65.6 Å². The zero-order chi connectivity index (χ0) is 31.7. The van der Waals surface area contributed by atoms with Crippen molar-refractivity contribution in [1.82, 2.24) is 10.2 Å². The second-order valence-corrected chi connectivity index (χ2v) is 13.6. The number of nitrogens with one attached hydrogen (secondary N) is 1. The SMILES string of the molecule is CC(C)CNC(=O)[C@H](Cc1ccccc1)N(Cc1ccc(Br)cc1)C(=O)CN(c1ccc(F)cc1)S(=O)(=O)c1ccccc1. The maximum absolute atomic E-state index is 14.4. The van der Waals surface area contributed by atoms with Gasteiger partial charge in [0.05, 0.1) is 10.6 Å². The first-order valence-corrected chi connectivity index (χ1v) is 16.5. The predicted octanol–water partition coefficient (Wildman–Crippen LogP) is 6.20. The third kappa shape index (κ3) is 8.76. The molecule has 0 saturated heterocycles. The van der Waals surface area contributed by atoms with Gasteiger partial charge in [0, 0.05) is 24.0 Å². The summed E-state index contributed by atoms with van der Waals surface area (Å²) in [6, 6.07) is 28.5. The molecule has 0 heterocycles. The third-order valence-electron chi connectivity index (χ3n) is 6.95. The Labute approximate surface area is 266 Å². The minimum atomic E-state index is -4.24. The van der Waals surface area contributed by atoms with Gasteiger partial charge in [0.15, 0.2) is 0 Å². The third-order valence-corrected chi connectivity index (χ3v) is 9.26. The van der Waals surface area contributed by atoms with Crippen molar-refractivity contribution in [3.05, 3.63) is 131 Å². The molecule has 0 fully saturated rings. The molecule has 7 nitrogen and oxygen atoms in total. The van der Waals surface area contributed by atoms with Crippen molar-refractivity contribution in [3.8, 4) is 0 Å². The van der Waals surface area contributed by atoms with E-state index in [0.29, 0.717) is 6.54 Å². The molecule has 0 saturated carbocycles. The fourth-order valence-corrected chi connectivity index (χ4v) is 6.32. The van der Waals surface area contributed by atoms with E-state index >= 15 is 0 Å². The number of nitrogens with zero attached hydrogens (tertiary/aromatic N) is 2. The molecule has 10 heteroatoms. The van der Waals surface area contributed by atoms with Gasteiger partial charge in [-0.3, -0.25) is 13.9 Å². The first-order chi connectivity index (χ1) is 21.0. The van der Waals surface area contributed by atoms with E-state index in [1.165, 1.54) is 29.2 Å². The summed E-state index contributed by atoms with van der Waals surface area (Å²) in [6.45, 7) is 3.82. The first-order valence-electron chi connectivity index (χ1n) is 14.2. The van der Waals surface area contributed by atoms with E-state index in [0.717, 1.165) is 32.0 Å². The predicted molar refractivity (Wildman–Crippen MR) is 174 cm³/mol. The van der Waals surface area contributed by atoms with E-state index in [-0.39, 0.29) is 35.4 Å². The molecule has 4 rings (SSSR count). The lowest BCUT2D eigenvalue weighted by atomic mass is 10.0. The van der Waals surface area contributed by atoms with Crippen molar-refractivity contribution in [2.24, 2.45) is 5.92 Å². The molecule has 0 aliphatic heterocycles. The van der Waals surface area contributed by atoms with E-state index in [9.17, 15) is 22.4 Å². The Balaban J connectivity index is 1.78. The number of amides is 2. The molecule has 0 bridgehead atoms. The van der Waals surface area contributed by atoms with Crippen molar-refractivity contribution in [2.45, 2.75) is 37.8 Å². The highest BCUT2D eigenvalue weighted by molar-refractivity contribution is 9.10. The number of benzene rings is 4. The van der Waals surface area contributed by atoms with Crippen LogP contribution in [0.15, 0.2) is 119 Å². The zero-order valence-corrected chi connectivity index (χ0v) is 27.0. The second kappa shape index (κ2) is 15.1. The van der Waals surface area contributed by atoms with Crippen LogP contribution in [0.2, 0.25) is 0 Å². The lowest BCUT2D eigenvalue weighted by molar-refractivity contribution is -0.140. The van der Waals surface area contributed by atoms with E-state index < -0.39 is 34.3 Å². The molecule has 0 aliphatic rings. The van der Waals surface area contributed by atoms with Gasteiger partial charge in [-0.25, -0.2) is 12.8 Å². The molecule has 1 N–H and O–H groups in total. The number of carbonyl (C=O) groups is 2. The Morgan fingerprint density at radius 1 is 0.818 bits per heavy atom. The van der Waals surface area contributed by atoms with Crippen LogP contribution in [0.5, 0.6) is 0 Å². The van der Waals surface area contributed by atoms with Crippen LogP contribution in [-0.4, -0.2) is 44.3 Å². The highest BCUT2D eigenvalue weighted by Crippen LogP contribution is 2.25. The minimum Gasteiger partial charge on any atom is -0.354 e. The molecule has 0 unspecified atom stereocenters. The van der Waals surface area contributed by atoms with Crippen LogP contribution in [0.25, 0.3) is 0 Å². The molecule has 0 spiro atoms. The summed E-state index contributed by atoms with van der Waals surface area (Å²) in [7, 11) is -4.24. The number of carbonyl (C=O) groups excluding carboxylic acids is 2. The fourth-order valence-electron chi connectivity index (χ4n) is 4.62. The summed E-state index contributed by atoms with van der Waals surface area (Å²) < 4.78 is 43.5. The highest BCUT2D eigenvalue weighted by Gasteiger charge is 2.34. The lowest BCUT2D eigenvalue weighted by Crippen LogP contribution is -2.53. The van der Waals surface area contributed by atoms with Crippen molar-refractivity contribution >= 4 is 43.5 Å². The van der Waals surface area contributed by atoms with E-state index in [1.807, 2.05) is 68.4 Å². The van der Waals surface area contributed by atoms with Gasteiger partial charge in [-0.2, -0.15) is 0 Å². The molecule has 4 aromatic carbocycles. The quantitative estimate of drug-likeness (QED) is 0.182. The number of sulfonamides is 1. The van der Waals surface area contributed by atoms with Crippen LogP contribution < -0.4 is 9.62 Å². The standard InChI is InChI=1S/C34H35BrFN3O4S/c1-25(2)22-37-34(41)32(21-26-9-5-3-6-10-26)38(23-27-13-15-28(35)16-14-27)33(40)24-39(30-19-17-29(36)18-20-30)44(42,43)31-11-7-4-8-12-31/h3-20,25,32H,21-24H2,1-2H3,(H,37,41)/t32-/m0/s1. The summed E-state index contributed by atoms with van der Waals surface area (Å²) in [4.78, 5) is 29.6. The molecule has 0 aromatic heterocycles. The fraction of sp³-hybridized carbons (Fsp3) is 0.235. The van der Waals surface area contributed by atoms with Crippen molar-refractivity contribution < 1.29 is 22.4 Å². The molecule has 4 aromatic rings. The Hall–Kier alpha value is -4.02. The van der Waals surface area contributed by atoms with Gasteiger partial charge in [0.1, 0.15) is 18.4 Å². The Bertz CT molecular complexity index is 1640. The number of hydrogen-bond acceptors (Lipinski definition) is 4. The average molecular weight is 681 g/mol. The van der Waals surface area contributed by atoms with Crippen molar-refractivity contribution in [3.63, 3.8) is 0 Å². The summed E-state index contributed by atoms with van der Waals surface area (Å²) in [5.41, 5.74) is 1.73. The molecule has 230 valence electrons. The first kappa shape index (κ1) is 32.9. The molecule has 44 heavy (non-hydrogen) atoms. The van der Waals surface area contributed by atoms with Crippen LogP contribution >= 0.6 is 15.9 Å². The van der Waals surface area contributed by atoms with Crippen LogP contribution in [-0.2, 0) is 32.6 Å². The van der Waals surface area contributed by atoms with E-state index in [1.54, 1.807) is 18.2 Å². The summed E-state index contributed by atoms with van der Waals surface area (Å²) in [5.74, 6) is -1.29. The lowest BCUT2D eigenvalue weighted by Gasteiger charge is -2.34. The van der Waals surface area contributed by atoms with Crippen molar-refractivity contribution in [1.29, 1.82) is 0 Å². The maximum atomic E-state index is 14.4. The number of halogens is 2. The monoisotopic (exact) mass is 679 g/mol. The Morgan fingerprint density at radius 3 is 2.00 bits per heavy atom. The second-order valence-electron chi connectivity index (χ2n) is 10.8. The van der Waals surface area contributed by atoms with Crippen LogP contribution in [0.3, 0.4) is 0 Å². The summed E-state index contributed by atoms with van der Waals surface area (Å²) in [6.07, 6.45) is 0.217. The van der Waals surface area contributed by atoms with Gasteiger partial charge < -0.3 is 10.2 Å². The highest BCUT2D eigenvalue weighted by atomic mass is 79.9. The van der Waals surface area contributed by atoms with Gasteiger partial charge in [0.2, 0.25) is 11.8 Å². The summed E-state index contributed by atoms with van der Waals surface area (Å²) >= 11 is 3.43. The van der Waals surface area contributed by atoms with Gasteiger partial charge in [0.25, 0.3) is 10.0 Å². The topological polar surface area (TPSA) is 86.8 Å². The van der Waals surface area contributed by atoms with Gasteiger partial charge in [-0.15, -0.1) is 0 Å². The van der Waals surface area contributed by atoms with E-state index in [4.69, 9.17) is 0 Å². The number of rotatable bonds is 13. The Morgan fingerprint density at radius 2 is 1.41 bits per heavy atom. The largest absolute Gasteiger partial charge is 0.354 e. The molecular weight excluding hydrogens is 645 g/mol. The zero-order valence-electron chi connectivity index (χ0n) is 24.6. The number of hydrogen-bond donors (Lipinski definition) is 1. The molecule has 0 radical (unpaired) electrons. The molecule has 2 amide bonds. The van der Waals surface area contributed by atoms with Gasteiger partial charge in [-0.1, -0.05) is 90.4 Å². The van der Waals surface area contributed by atoms with Crippen LogP contribution in [0, 0.1) is 11.7 Å². The van der Waals surface area contributed by atoms with E-state index in [2.05, 4.69) is 21.2 Å². The average Bonchev–Trinajstić information content (AvgIpc) is 3.02. The molecule has 0 aliphatic carbocycles. The number of anilines is 1. The van der Waals surface area contributed by atoms with Crippen LogP contribution in [0.4, 0.5) is 10.1 Å². The molecular formula is C34H35BrFN3O4S. The Kier molecular flexibility index (Phi) is 11.3. The van der Waals surface area contributed by atoms with Crippen molar-refractivity contribution in [2.75, 3.05) is 17.4 Å². The van der Waals surface area contributed by atoms with Gasteiger partial charge >= 0.3 is 0 Å². The smallest absolute Gasteiger partial charge is 0.264 e. The minimum absolute atomic E-state index is 0.0212. The van der Waals surface area contributed by atoms with Crippen LogP contribution in [0.1, 0.15) is 25.0 Å². The maximum Gasteiger partial charge on any atom is 0.264 e. The normalized spacial score (nSPS) is 12.0. The molecule has 1 atom stereocenters.